The van der Waals surface area contributed by atoms with Crippen molar-refractivity contribution in [3.05, 3.63) is 59.1 Å². The molecule has 2 nitrogen and oxygen atoms in total. The molecule has 1 atom stereocenters. The Morgan fingerprint density at radius 3 is 2.52 bits per heavy atom. The molecule has 1 unspecified atom stereocenters. The van der Waals surface area contributed by atoms with E-state index in [9.17, 15) is 0 Å². The van der Waals surface area contributed by atoms with Gasteiger partial charge in [-0.3, -0.25) is 0 Å². The maximum Gasteiger partial charge on any atom is 0.119 e. The largest absolute Gasteiger partial charge is 0.494 e. The highest BCUT2D eigenvalue weighted by molar-refractivity contribution is 7.99. The molecule has 0 amide bonds. The van der Waals surface area contributed by atoms with E-state index in [1.807, 2.05) is 48.5 Å². The molecule has 21 heavy (non-hydrogen) atoms. The SMILES string of the molecule is CCCOc1ccc(C(N)CSc2ccccc2Cl)cc1. The van der Waals surface area contributed by atoms with Crippen LogP contribution in [0.3, 0.4) is 0 Å². The fraction of sp³-hybridized carbons (Fsp3) is 0.294. The molecule has 0 spiro atoms. The second-order valence-electron chi connectivity index (χ2n) is 4.77. The van der Waals surface area contributed by atoms with Gasteiger partial charge < -0.3 is 10.5 Å². The molecule has 2 N–H and O–H groups in total. The van der Waals surface area contributed by atoms with E-state index >= 15 is 0 Å². The van der Waals surface area contributed by atoms with Gasteiger partial charge in [0, 0.05) is 16.7 Å². The first kappa shape index (κ1) is 16.2. The molecule has 0 aliphatic rings. The highest BCUT2D eigenvalue weighted by Gasteiger charge is 2.08. The lowest BCUT2D eigenvalue weighted by atomic mass is 10.1. The predicted molar refractivity (Wildman–Crippen MR) is 91.3 cm³/mol. The zero-order valence-corrected chi connectivity index (χ0v) is 13.7. The third-order valence-electron chi connectivity index (χ3n) is 3.04. The second kappa shape index (κ2) is 8.32. The summed E-state index contributed by atoms with van der Waals surface area (Å²) in [7, 11) is 0. The van der Waals surface area contributed by atoms with Crippen LogP contribution in [0.5, 0.6) is 5.75 Å². The molecule has 0 fully saturated rings. The van der Waals surface area contributed by atoms with Crippen LogP contribution in [-0.2, 0) is 0 Å². The number of ether oxygens (including phenoxy) is 1. The summed E-state index contributed by atoms with van der Waals surface area (Å²) in [6.45, 7) is 2.84. The van der Waals surface area contributed by atoms with Crippen LogP contribution in [0, 0.1) is 0 Å². The van der Waals surface area contributed by atoms with E-state index < -0.39 is 0 Å². The van der Waals surface area contributed by atoms with Gasteiger partial charge >= 0.3 is 0 Å². The molecule has 0 saturated carbocycles. The van der Waals surface area contributed by atoms with Crippen molar-refractivity contribution < 1.29 is 4.74 Å². The summed E-state index contributed by atoms with van der Waals surface area (Å²) in [4.78, 5) is 1.07. The lowest BCUT2D eigenvalue weighted by Gasteiger charge is -2.13. The van der Waals surface area contributed by atoms with Gasteiger partial charge in [-0.15, -0.1) is 11.8 Å². The summed E-state index contributed by atoms with van der Waals surface area (Å²) in [5.74, 6) is 1.69. The van der Waals surface area contributed by atoms with Crippen molar-refractivity contribution in [1.29, 1.82) is 0 Å². The highest BCUT2D eigenvalue weighted by atomic mass is 35.5. The Morgan fingerprint density at radius 1 is 1.14 bits per heavy atom. The lowest BCUT2D eigenvalue weighted by molar-refractivity contribution is 0.317. The Labute approximate surface area is 135 Å². The van der Waals surface area contributed by atoms with Crippen LogP contribution in [0.1, 0.15) is 24.9 Å². The standard InChI is InChI=1S/C17H20ClNOS/c1-2-11-20-14-9-7-13(8-10-14)16(19)12-21-17-6-4-3-5-15(17)18/h3-10,16H,2,11-12,19H2,1H3. The van der Waals surface area contributed by atoms with E-state index in [0.717, 1.165) is 40.0 Å². The van der Waals surface area contributed by atoms with E-state index in [1.165, 1.54) is 0 Å². The molecule has 2 aromatic carbocycles. The van der Waals surface area contributed by atoms with Crippen LogP contribution in [0.25, 0.3) is 0 Å². The third-order valence-corrected chi connectivity index (χ3v) is 4.67. The normalized spacial score (nSPS) is 12.1. The molecule has 0 aliphatic carbocycles. The summed E-state index contributed by atoms with van der Waals surface area (Å²) in [5.41, 5.74) is 7.35. The quantitative estimate of drug-likeness (QED) is 0.735. The van der Waals surface area contributed by atoms with Crippen LogP contribution in [0.15, 0.2) is 53.4 Å². The summed E-state index contributed by atoms with van der Waals surface area (Å²) >= 11 is 7.82. The molecule has 0 heterocycles. The Balaban J connectivity index is 1.91. The molecule has 0 saturated heterocycles. The minimum atomic E-state index is -0.0218. The van der Waals surface area contributed by atoms with Gasteiger partial charge in [0.1, 0.15) is 5.75 Å². The average Bonchev–Trinajstić information content (AvgIpc) is 2.52. The summed E-state index contributed by atoms with van der Waals surface area (Å²) in [6, 6.07) is 15.8. The predicted octanol–water partition coefficient (Wildman–Crippen LogP) is 4.92. The molecular weight excluding hydrogens is 302 g/mol. The molecule has 0 bridgehead atoms. The molecule has 0 aliphatic heterocycles. The van der Waals surface area contributed by atoms with Gasteiger partial charge in [-0.05, 0) is 36.2 Å². The number of benzene rings is 2. The van der Waals surface area contributed by atoms with Crippen LogP contribution in [0.4, 0.5) is 0 Å². The van der Waals surface area contributed by atoms with Crippen molar-refractivity contribution in [2.45, 2.75) is 24.3 Å². The minimum absolute atomic E-state index is 0.0218. The number of rotatable bonds is 7. The van der Waals surface area contributed by atoms with Gasteiger partial charge in [-0.2, -0.15) is 0 Å². The fourth-order valence-corrected chi connectivity index (χ4v) is 3.10. The van der Waals surface area contributed by atoms with Gasteiger partial charge in [0.2, 0.25) is 0 Å². The topological polar surface area (TPSA) is 35.2 Å². The minimum Gasteiger partial charge on any atom is -0.494 e. The monoisotopic (exact) mass is 321 g/mol. The van der Waals surface area contributed by atoms with Crippen LogP contribution in [0.2, 0.25) is 5.02 Å². The smallest absolute Gasteiger partial charge is 0.119 e. The van der Waals surface area contributed by atoms with Gasteiger partial charge in [-0.1, -0.05) is 42.8 Å². The molecule has 4 heteroatoms. The van der Waals surface area contributed by atoms with E-state index in [-0.39, 0.29) is 6.04 Å². The van der Waals surface area contributed by atoms with Crippen molar-refractivity contribution in [2.24, 2.45) is 5.73 Å². The summed E-state index contributed by atoms with van der Waals surface area (Å²) in [6.07, 6.45) is 1.01. The van der Waals surface area contributed by atoms with E-state index in [0.29, 0.717) is 0 Å². The third kappa shape index (κ3) is 4.95. The number of thioether (sulfide) groups is 1. The Hall–Kier alpha value is -1.16. The second-order valence-corrected chi connectivity index (χ2v) is 6.23. The Bertz CT molecular complexity index is 559. The summed E-state index contributed by atoms with van der Waals surface area (Å²) < 4.78 is 5.57. The van der Waals surface area contributed by atoms with Crippen molar-refractivity contribution in [1.82, 2.24) is 0 Å². The zero-order valence-electron chi connectivity index (χ0n) is 12.1. The first-order valence-electron chi connectivity index (χ1n) is 7.06. The maximum atomic E-state index is 6.24. The first-order chi connectivity index (χ1) is 10.2. The van der Waals surface area contributed by atoms with Crippen molar-refractivity contribution in [2.75, 3.05) is 12.4 Å². The molecular formula is C17H20ClNOS. The number of hydrogen-bond acceptors (Lipinski definition) is 3. The first-order valence-corrected chi connectivity index (χ1v) is 8.42. The van der Waals surface area contributed by atoms with Crippen molar-refractivity contribution in [3.8, 4) is 5.75 Å². The number of nitrogens with two attached hydrogens (primary N) is 1. The van der Waals surface area contributed by atoms with Crippen LogP contribution >= 0.6 is 23.4 Å². The Kier molecular flexibility index (Phi) is 6.43. The van der Waals surface area contributed by atoms with Crippen LogP contribution in [-0.4, -0.2) is 12.4 Å². The zero-order chi connectivity index (χ0) is 15.1. The van der Waals surface area contributed by atoms with Gasteiger partial charge in [0.05, 0.1) is 11.6 Å². The van der Waals surface area contributed by atoms with E-state index in [4.69, 9.17) is 22.1 Å². The average molecular weight is 322 g/mol. The van der Waals surface area contributed by atoms with E-state index in [2.05, 4.69) is 6.92 Å². The van der Waals surface area contributed by atoms with Gasteiger partial charge in [0.25, 0.3) is 0 Å². The fourth-order valence-electron chi connectivity index (χ4n) is 1.87. The van der Waals surface area contributed by atoms with E-state index in [1.54, 1.807) is 11.8 Å². The van der Waals surface area contributed by atoms with Crippen molar-refractivity contribution in [3.63, 3.8) is 0 Å². The van der Waals surface area contributed by atoms with Crippen LogP contribution < -0.4 is 10.5 Å². The van der Waals surface area contributed by atoms with Gasteiger partial charge in [0.15, 0.2) is 0 Å². The Morgan fingerprint density at radius 2 is 1.86 bits per heavy atom. The molecule has 2 rings (SSSR count). The maximum absolute atomic E-state index is 6.24. The van der Waals surface area contributed by atoms with Crippen molar-refractivity contribution >= 4 is 23.4 Å². The lowest BCUT2D eigenvalue weighted by Crippen LogP contribution is -2.12. The molecule has 112 valence electrons. The highest BCUT2D eigenvalue weighted by Crippen LogP contribution is 2.29. The summed E-state index contributed by atoms with van der Waals surface area (Å²) in [5, 5.41) is 0.776. The molecule has 0 radical (unpaired) electrons. The molecule has 0 aromatic heterocycles. The number of hydrogen-bond donors (Lipinski definition) is 1. The van der Waals surface area contributed by atoms with Gasteiger partial charge in [-0.25, -0.2) is 0 Å². The number of halogens is 1. The molecule has 2 aromatic rings.